The van der Waals surface area contributed by atoms with Crippen LogP contribution in [0.15, 0.2) is 30.3 Å². The maximum absolute atomic E-state index is 12.3. The van der Waals surface area contributed by atoms with Crippen LogP contribution >= 0.6 is 12.4 Å². The van der Waals surface area contributed by atoms with Gasteiger partial charge < -0.3 is 20.9 Å². The van der Waals surface area contributed by atoms with Crippen LogP contribution in [-0.2, 0) is 11.3 Å². The summed E-state index contributed by atoms with van der Waals surface area (Å²) in [7, 11) is 1.75. The zero-order chi connectivity index (χ0) is 17.5. The van der Waals surface area contributed by atoms with Crippen molar-refractivity contribution in [1.29, 1.82) is 0 Å². The lowest BCUT2D eigenvalue weighted by Crippen LogP contribution is -2.40. The topological polar surface area (TPSA) is 78.7 Å². The van der Waals surface area contributed by atoms with Gasteiger partial charge in [0, 0.05) is 39.1 Å². The van der Waals surface area contributed by atoms with Crippen LogP contribution in [-0.4, -0.2) is 54.5 Å². The van der Waals surface area contributed by atoms with Gasteiger partial charge in [-0.3, -0.25) is 4.79 Å². The molecule has 1 saturated heterocycles. The Morgan fingerprint density at radius 2 is 2.00 bits per heavy atom. The second kappa shape index (κ2) is 10.3. The highest BCUT2D eigenvalue weighted by atomic mass is 35.5. The number of carbonyl (C=O) groups excluding carboxylic acids is 2. The van der Waals surface area contributed by atoms with Crippen molar-refractivity contribution in [3.05, 3.63) is 35.9 Å². The molecule has 2 unspecified atom stereocenters. The van der Waals surface area contributed by atoms with E-state index in [0.29, 0.717) is 32.0 Å². The monoisotopic (exact) mass is 368 g/mol. The number of benzene rings is 1. The summed E-state index contributed by atoms with van der Waals surface area (Å²) < 4.78 is 0. The number of halogens is 1. The molecule has 2 atom stereocenters. The van der Waals surface area contributed by atoms with Crippen LogP contribution < -0.4 is 11.1 Å². The van der Waals surface area contributed by atoms with E-state index in [1.54, 1.807) is 11.9 Å². The maximum Gasteiger partial charge on any atom is 0.317 e. The number of hydrogen-bond acceptors (Lipinski definition) is 3. The molecule has 2 rings (SSSR count). The van der Waals surface area contributed by atoms with Crippen molar-refractivity contribution in [2.45, 2.75) is 32.4 Å². The second-order valence-corrected chi connectivity index (χ2v) is 6.56. The normalized spacial score (nSPS) is 19.2. The molecular weight excluding hydrogens is 340 g/mol. The van der Waals surface area contributed by atoms with Gasteiger partial charge in [-0.2, -0.15) is 0 Å². The molecule has 1 aromatic rings. The molecule has 140 valence electrons. The highest BCUT2D eigenvalue weighted by Gasteiger charge is 2.31. The minimum Gasteiger partial charge on any atom is -0.340 e. The molecule has 1 aliphatic heterocycles. The van der Waals surface area contributed by atoms with Crippen LogP contribution in [0.1, 0.15) is 25.3 Å². The Bertz CT molecular complexity index is 555. The van der Waals surface area contributed by atoms with Crippen molar-refractivity contribution in [2.24, 2.45) is 11.7 Å². The van der Waals surface area contributed by atoms with E-state index in [1.807, 2.05) is 35.2 Å². The molecule has 3 N–H and O–H groups in total. The Balaban J connectivity index is 0.00000312. The van der Waals surface area contributed by atoms with Crippen LogP contribution in [0.2, 0.25) is 0 Å². The Morgan fingerprint density at radius 1 is 1.32 bits per heavy atom. The lowest BCUT2D eigenvalue weighted by atomic mass is 10.1. The zero-order valence-corrected chi connectivity index (χ0v) is 15.8. The van der Waals surface area contributed by atoms with Crippen LogP contribution in [0.4, 0.5) is 4.79 Å². The number of rotatable bonds is 6. The molecule has 1 fully saturated rings. The third-order valence-electron chi connectivity index (χ3n) is 4.54. The molecule has 0 aromatic heterocycles. The molecule has 1 aliphatic rings. The van der Waals surface area contributed by atoms with E-state index in [4.69, 9.17) is 5.73 Å². The van der Waals surface area contributed by atoms with Gasteiger partial charge in [-0.1, -0.05) is 30.3 Å². The van der Waals surface area contributed by atoms with E-state index in [-0.39, 0.29) is 30.4 Å². The Labute approximate surface area is 156 Å². The smallest absolute Gasteiger partial charge is 0.317 e. The van der Waals surface area contributed by atoms with Crippen molar-refractivity contribution >= 4 is 24.3 Å². The van der Waals surface area contributed by atoms with Gasteiger partial charge in [-0.15, -0.1) is 12.4 Å². The fourth-order valence-electron chi connectivity index (χ4n) is 3.14. The number of likely N-dealkylation sites (tertiary alicyclic amines) is 1. The van der Waals surface area contributed by atoms with Gasteiger partial charge in [0.1, 0.15) is 0 Å². The minimum absolute atomic E-state index is 0. The predicted octanol–water partition coefficient (Wildman–Crippen LogP) is 1.84. The first kappa shape index (κ1) is 21.3. The largest absolute Gasteiger partial charge is 0.340 e. The first-order valence-corrected chi connectivity index (χ1v) is 8.53. The first-order chi connectivity index (χ1) is 11.5. The average molecular weight is 369 g/mol. The molecule has 0 aliphatic carbocycles. The van der Waals surface area contributed by atoms with Crippen molar-refractivity contribution in [2.75, 3.05) is 26.7 Å². The molecule has 7 heteroatoms. The van der Waals surface area contributed by atoms with Gasteiger partial charge in [0.2, 0.25) is 5.91 Å². The number of nitrogens with zero attached hydrogens (tertiary/aromatic N) is 2. The molecule has 0 radical (unpaired) electrons. The van der Waals surface area contributed by atoms with E-state index >= 15 is 0 Å². The molecule has 1 aromatic carbocycles. The van der Waals surface area contributed by atoms with Gasteiger partial charge in [0.25, 0.3) is 0 Å². The second-order valence-electron chi connectivity index (χ2n) is 6.56. The van der Waals surface area contributed by atoms with Crippen molar-refractivity contribution in [3.8, 4) is 0 Å². The first-order valence-electron chi connectivity index (χ1n) is 8.53. The SMILES string of the molecule is CC1CC(CN)CN1C(=O)CCNC(=O)N(C)Cc1ccccc1.Cl. The Kier molecular flexibility index (Phi) is 8.72. The number of nitrogens with two attached hydrogens (primary N) is 1. The molecular formula is C18H29ClN4O2. The summed E-state index contributed by atoms with van der Waals surface area (Å²) in [6.45, 7) is 4.31. The summed E-state index contributed by atoms with van der Waals surface area (Å²) in [6.07, 6.45) is 1.29. The predicted molar refractivity (Wildman–Crippen MR) is 102 cm³/mol. The van der Waals surface area contributed by atoms with Gasteiger partial charge in [0.05, 0.1) is 0 Å². The van der Waals surface area contributed by atoms with Crippen LogP contribution in [0, 0.1) is 5.92 Å². The number of hydrogen-bond donors (Lipinski definition) is 2. The van der Waals surface area contributed by atoms with Gasteiger partial charge in [-0.05, 0) is 31.4 Å². The number of carbonyl (C=O) groups is 2. The van der Waals surface area contributed by atoms with Crippen molar-refractivity contribution in [3.63, 3.8) is 0 Å². The summed E-state index contributed by atoms with van der Waals surface area (Å²) in [6, 6.07) is 9.88. The third kappa shape index (κ3) is 6.21. The summed E-state index contributed by atoms with van der Waals surface area (Å²) in [5, 5.41) is 2.81. The van der Waals surface area contributed by atoms with E-state index in [0.717, 1.165) is 18.5 Å². The summed E-state index contributed by atoms with van der Waals surface area (Å²) in [5.41, 5.74) is 6.77. The molecule has 1 heterocycles. The highest BCUT2D eigenvalue weighted by Crippen LogP contribution is 2.22. The molecule has 25 heavy (non-hydrogen) atoms. The molecule has 6 nitrogen and oxygen atoms in total. The standard InChI is InChI=1S/C18H28N4O2.ClH/c1-14-10-16(11-19)13-22(14)17(23)8-9-20-18(24)21(2)12-15-6-4-3-5-7-15;/h3-7,14,16H,8-13,19H2,1-2H3,(H,20,24);1H. The lowest BCUT2D eigenvalue weighted by Gasteiger charge is -2.22. The zero-order valence-electron chi connectivity index (χ0n) is 15.0. The maximum atomic E-state index is 12.3. The fourth-order valence-corrected chi connectivity index (χ4v) is 3.14. The fraction of sp³-hybridized carbons (Fsp3) is 0.556. The van der Waals surface area contributed by atoms with E-state index in [9.17, 15) is 9.59 Å². The van der Waals surface area contributed by atoms with E-state index in [2.05, 4.69) is 12.2 Å². The van der Waals surface area contributed by atoms with Gasteiger partial charge in [0.15, 0.2) is 0 Å². The molecule has 3 amide bonds. The summed E-state index contributed by atoms with van der Waals surface area (Å²) in [5.74, 6) is 0.486. The summed E-state index contributed by atoms with van der Waals surface area (Å²) >= 11 is 0. The van der Waals surface area contributed by atoms with E-state index < -0.39 is 0 Å². The van der Waals surface area contributed by atoms with Gasteiger partial charge in [-0.25, -0.2) is 4.79 Å². The van der Waals surface area contributed by atoms with Crippen LogP contribution in [0.3, 0.4) is 0 Å². The van der Waals surface area contributed by atoms with Crippen LogP contribution in [0.25, 0.3) is 0 Å². The van der Waals surface area contributed by atoms with Crippen LogP contribution in [0.5, 0.6) is 0 Å². The quantitative estimate of drug-likeness (QED) is 0.804. The highest BCUT2D eigenvalue weighted by molar-refractivity contribution is 5.85. The molecule has 0 saturated carbocycles. The van der Waals surface area contributed by atoms with Crippen molar-refractivity contribution < 1.29 is 9.59 Å². The Morgan fingerprint density at radius 3 is 2.60 bits per heavy atom. The lowest BCUT2D eigenvalue weighted by molar-refractivity contribution is -0.131. The Hall–Kier alpha value is -1.79. The number of nitrogens with one attached hydrogen (secondary N) is 1. The molecule has 0 bridgehead atoms. The van der Waals surface area contributed by atoms with Crippen molar-refractivity contribution in [1.82, 2.24) is 15.1 Å². The average Bonchev–Trinajstić information content (AvgIpc) is 2.96. The number of amides is 3. The third-order valence-corrected chi connectivity index (χ3v) is 4.54. The van der Waals surface area contributed by atoms with E-state index in [1.165, 1.54) is 0 Å². The number of urea groups is 1. The molecule has 0 spiro atoms. The minimum atomic E-state index is -0.166. The summed E-state index contributed by atoms with van der Waals surface area (Å²) in [4.78, 5) is 27.9. The van der Waals surface area contributed by atoms with Gasteiger partial charge >= 0.3 is 6.03 Å².